The number of nitrogens with one attached hydrogen (secondary N) is 4. The van der Waals surface area contributed by atoms with Gasteiger partial charge in [-0.3, -0.25) is 39.1 Å². The van der Waals surface area contributed by atoms with Crippen LogP contribution >= 0.6 is 23.4 Å². The molecule has 1 aliphatic carbocycles. The average Bonchev–Trinajstić information content (AvgIpc) is 1.68. The molecule has 3 fully saturated rings. The predicted molar refractivity (Wildman–Crippen MR) is 334 cm³/mol. The number of anilines is 3. The Hall–Kier alpha value is -6.80. The predicted octanol–water partition coefficient (Wildman–Crippen LogP) is 9.02. The highest BCUT2D eigenvalue weighted by atomic mass is 35.5. The van der Waals surface area contributed by atoms with E-state index in [-0.39, 0.29) is 34.9 Å². The van der Waals surface area contributed by atoms with Crippen molar-refractivity contribution in [3.05, 3.63) is 148 Å². The number of carbonyl (C=O) groups excluding carboxylic acids is 5. The maximum Gasteiger partial charge on any atom is 0.501 e. The Morgan fingerprint density at radius 2 is 1.45 bits per heavy atom. The Morgan fingerprint density at radius 1 is 0.773 bits per heavy atom. The molecule has 4 aliphatic heterocycles. The standard InChI is InChI=1S/C63H71ClF3N9O9S3/c1-62(2)26-24-50(42-12-16-45(64)17-13-42)44(39-62)40-74-34-36-75(37-35-74)47-18-14-43(15-19-47)58(78)71-88(84,85)49-20-21-52(55(38-49)87(82,83)63(65,66)67)69-46(41-86-48-8-4-3-5-9-48)25-29-73-32-30-72(31-33-73)28-7-27-68-53-11-6-10-51-57(53)61(81)76(60(51)80)54-22-23-56(77)70-59(54)79/h3-6,8-21,38,46,54,68-69H,7,22-37,39-41H2,1-2H3,(H,71,78)(H,70,77,79)/t46-,54?/m1/s1. The van der Waals surface area contributed by atoms with E-state index in [9.17, 15) is 54.0 Å². The molecule has 0 saturated carbocycles. The Labute approximate surface area is 520 Å². The van der Waals surface area contributed by atoms with E-state index in [1.165, 1.54) is 46.7 Å². The van der Waals surface area contributed by atoms with Crippen LogP contribution in [-0.4, -0.2) is 168 Å². The molecule has 3 saturated heterocycles. The van der Waals surface area contributed by atoms with Crippen molar-refractivity contribution < 1.29 is 54.0 Å². The maximum absolute atomic E-state index is 14.5. The van der Waals surface area contributed by atoms with E-state index >= 15 is 0 Å². The van der Waals surface area contributed by atoms with Crippen LogP contribution in [0.2, 0.25) is 5.02 Å². The molecule has 0 spiro atoms. The van der Waals surface area contributed by atoms with Crippen LogP contribution in [0.4, 0.5) is 30.2 Å². The van der Waals surface area contributed by atoms with Crippen molar-refractivity contribution in [3.63, 3.8) is 0 Å². The summed E-state index contributed by atoms with van der Waals surface area (Å²) in [6, 6.07) is 29.3. The molecule has 10 rings (SSSR count). The number of imide groups is 2. The summed E-state index contributed by atoms with van der Waals surface area (Å²) in [5.74, 6) is -3.08. The topological polar surface area (TPSA) is 218 Å². The number of amides is 5. The van der Waals surface area contributed by atoms with Gasteiger partial charge in [0.05, 0.1) is 21.7 Å². The molecule has 0 bridgehead atoms. The first kappa shape index (κ1) is 64.2. The molecule has 4 heterocycles. The molecule has 5 aliphatic rings. The number of halogens is 4. The number of thioether (sulfide) groups is 1. The van der Waals surface area contributed by atoms with Gasteiger partial charge in [0.15, 0.2) is 0 Å². The van der Waals surface area contributed by atoms with Crippen LogP contribution in [0.25, 0.3) is 5.57 Å². The zero-order valence-corrected chi connectivity index (χ0v) is 52.1. The molecular formula is C63H71ClF3N9O9S3. The second kappa shape index (κ2) is 27.1. The Morgan fingerprint density at radius 3 is 2.14 bits per heavy atom. The molecule has 25 heteroatoms. The fourth-order valence-corrected chi connectivity index (χ4v) is 15.2. The molecule has 1 unspecified atom stereocenters. The summed E-state index contributed by atoms with van der Waals surface area (Å²) in [7, 11) is -11.1. The van der Waals surface area contributed by atoms with Crippen LogP contribution in [0.1, 0.15) is 95.4 Å². The van der Waals surface area contributed by atoms with Gasteiger partial charge in [0.2, 0.25) is 11.8 Å². The SMILES string of the molecule is CC1(C)CCC(c2ccc(Cl)cc2)=C(CN2CCN(c3ccc(C(=O)NS(=O)(=O)c4ccc(N[C@H](CCN5CCN(CCCNc6cccc7c6C(=O)N(C6CCC(=O)NC6=O)C7=O)CC5)CSc5ccccc5)c(S(=O)(=O)C(F)(F)F)c4)cc3)CC2)C1. The molecule has 468 valence electrons. The first-order chi connectivity index (χ1) is 41.9. The Bertz CT molecular complexity index is 3690. The van der Waals surface area contributed by atoms with Crippen LogP contribution in [0.3, 0.4) is 0 Å². The summed E-state index contributed by atoms with van der Waals surface area (Å²) >= 11 is 7.63. The minimum Gasteiger partial charge on any atom is -0.384 e. The van der Waals surface area contributed by atoms with Crippen molar-refractivity contribution >= 4 is 95.4 Å². The third-order valence-electron chi connectivity index (χ3n) is 17.0. The highest BCUT2D eigenvalue weighted by Crippen LogP contribution is 2.43. The van der Waals surface area contributed by atoms with E-state index in [1.807, 2.05) is 47.2 Å². The molecule has 5 aromatic rings. The molecule has 2 atom stereocenters. The van der Waals surface area contributed by atoms with Crippen molar-refractivity contribution in [1.82, 2.24) is 29.6 Å². The van der Waals surface area contributed by atoms with Gasteiger partial charge in [0, 0.05) is 117 Å². The lowest BCUT2D eigenvalue weighted by Crippen LogP contribution is -2.54. The first-order valence-electron chi connectivity index (χ1n) is 29.5. The molecule has 0 aromatic heterocycles. The number of nitrogens with zero attached hydrogens (tertiary/aromatic N) is 5. The second-order valence-electron chi connectivity index (χ2n) is 23.7. The number of benzene rings is 5. The number of fused-ring (bicyclic) bond motifs is 1. The zero-order chi connectivity index (χ0) is 62.5. The normalized spacial score (nSPS) is 19.4. The summed E-state index contributed by atoms with van der Waals surface area (Å²) in [5.41, 5.74) is -0.420. The fourth-order valence-electron chi connectivity index (χ4n) is 12.1. The van der Waals surface area contributed by atoms with Crippen molar-refractivity contribution in [3.8, 4) is 0 Å². The molecular weight excluding hydrogens is 1220 g/mol. The van der Waals surface area contributed by atoms with Crippen LogP contribution in [0.15, 0.2) is 136 Å². The van der Waals surface area contributed by atoms with E-state index < -0.39 is 82.5 Å². The van der Waals surface area contributed by atoms with Crippen LogP contribution in [0, 0.1) is 5.41 Å². The first-order valence-corrected chi connectivity index (χ1v) is 33.8. The average molecular weight is 1290 g/mol. The number of sulfone groups is 1. The monoisotopic (exact) mass is 1290 g/mol. The maximum atomic E-state index is 14.5. The van der Waals surface area contributed by atoms with Gasteiger partial charge < -0.3 is 25.3 Å². The van der Waals surface area contributed by atoms with Crippen LogP contribution < -0.4 is 25.6 Å². The largest absolute Gasteiger partial charge is 0.501 e. The van der Waals surface area contributed by atoms with Crippen LogP contribution in [0.5, 0.6) is 0 Å². The lowest BCUT2D eigenvalue weighted by Gasteiger charge is -2.39. The number of hydrogen-bond acceptors (Lipinski definition) is 16. The van der Waals surface area contributed by atoms with Gasteiger partial charge in [-0.25, -0.2) is 21.6 Å². The minimum absolute atomic E-state index is 0.0152. The highest BCUT2D eigenvalue weighted by molar-refractivity contribution is 7.99. The summed E-state index contributed by atoms with van der Waals surface area (Å²) in [5, 5.41) is 9.22. The van der Waals surface area contributed by atoms with Crippen molar-refractivity contribution in [1.29, 1.82) is 0 Å². The van der Waals surface area contributed by atoms with Gasteiger partial charge in [-0.2, -0.15) is 13.2 Å². The molecule has 4 N–H and O–H groups in total. The van der Waals surface area contributed by atoms with E-state index in [0.29, 0.717) is 94.3 Å². The summed E-state index contributed by atoms with van der Waals surface area (Å²) in [6.07, 6.45) is 4.22. The van der Waals surface area contributed by atoms with Gasteiger partial charge in [-0.05, 0) is 140 Å². The van der Waals surface area contributed by atoms with Crippen molar-refractivity contribution in [2.75, 3.05) is 99.8 Å². The van der Waals surface area contributed by atoms with Crippen molar-refractivity contribution in [2.24, 2.45) is 5.41 Å². The summed E-state index contributed by atoms with van der Waals surface area (Å²) in [4.78, 5) is 73.5. The number of piperazine rings is 2. The number of allylic oxidation sites excluding steroid dienone is 1. The summed E-state index contributed by atoms with van der Waals surface area (Å²) < 4.78 is 99.8. The third kappa shape index (κ3) is 15.1. The Balaban J connectivity index is 0.741. The number of carbonyl (C=O) groups is 5. The van der Waals surface area contributed by atoms with Crippen molar-refractivity contribution in [2.45, 2.75) is 91.1 Å². The van der Waals surface area contributed by atoms with E-state index in [2.05, 4.69) is 61.5 Å². The molecule has 5 aromatic carbocycles. The number of hydrogen-bond donors (Lipinski definition) is 4. The minimum atomic E-state index is -6.15. The van der Waals surface area contributed by atoms with Gasteiger partial charge in [-0.15, -0.1) is 11.8 Å². The lowest BCUT2D eigenvalue weighted by molar-refractivity contribution is -0.136. The number of rotatable bonds is 22. The second-order valence-corrected chi connectivity index (χ2v) is 28.8. The zero-order valence-electron chi connectivity index (χ0n) is 48.9. The van der Waals surface area contributed by atoms with Gasteiger partial charge in [0.25, 0.3) is 37.6 Å². The van der Waals surface area contributed by atoms with Gasteiger partial charge in [-0.1, -0.05) is 67.4 Å². The highest BCUT2D eigenvalue weighted by Gasteiger charge is 2.49. The molecule has 5 amide bonds. The lowest BCUT2D eigenvalue weighted by atomic mass is 9.73. The number of piperidine rings is 1. The number of sulfonamides is 1. The van der Waals surface area contributed by atoms with E-state index in [4.69, 9.17) is 11.6 Å². The third-order valence-corrected chi connectivity index (χ3v) is 21.3. The van der Waals surface area contributed by atoms with Gasteiger partial charge in [0.1, 0.15) is 10.9 Å². The fraction of sp³-hybridized carbons (Fsp3) is 0.413. The quantitative estimate of drug-likeness (QED) is 0.0289. The summed E-state index contributed by atoms with van der Waals surface area (Å²) in [6.45, 7) is 12.9. The molecule has 88 heavy (non-hydrogen) atoms. The molecule has 0 radical (unpaired) electrons. The van der Waals surface area contributed by atoms with Crippen LogP contribution in [-0.2, 0) is 29.4 Å². The molecule has 18 nitrogen and oxygen atoms in total. The Kier molecular flexibility index (Phi) is 19.8. The van der Waals surface area contributed by atoms with E-state index in [1.54, 1.807) is 24.3 Å². The number of alkyl halides is 3. The smallest absolute Gasteiger partial charge is 0.384 e. The van der Waals surface area contributed by atoms with E-state index in [0.717, 1.165) is 66.5 Å². The van der Waals surface area contributed by atoms with Gasteiger partial charge >= 0.3 is 5.51 Å².